The number of aryl methyl sites for hydroxylation is 1. The Hall–Kier alpha value is -2.18. The van der Waals surface area contributed by atoms with Gasteiger partial charge in [0.25, 0.3) is 0 Å². The van der Waals surface area contributed by atoms with Crippen LogP contribution in [-0.2, 0) is 24.2 Å². The van der Waals surface area contributed by atoms with Crippen LogP contribution in [0.5, 0.6) is 0 Å². The number of piperidine rings is 1. The maximum absolute atomic E-state index is 11.6. The highest BCUT2D eigenvalue weighted by atomic mass is 79.9. The minimum absolute atomic E-state index is 0.0528. The Morgan fingerprint density at radius 2 is 1.97 bits per heavy atom. The van der Waals surface area contributed by atoms with Crippen molar-refractivity contribution in [3.63, 3.8) is 0 Å². The Kier molecular flexibility index (Phi) is 5.14. The van der Waals surface area contributed by atoms with Crippen molar-refractivity contribution in [2.45, 2.75) is 38.6 Å². The van der Waals surface area contributed by atoms with Gasteiger partial charge in [-0.3, -0.25) is 9.69 Å². The molecular formula is C23H24BrN3O2. The van der Waals surface area contributed by atoms with E-state index in [1.807, 2.05) is 6.07 Å². The predicted molar refractivity (Wildman–Crippen MR) is 117 cm³/mol. The van der Waals surface area contributed by atoms with Crippen LogP contribution in [0, 0.1) is 5.92 Å². The van der Waals surface area contributed by atoms with Crippen LogP contribution in [0.4, 0.5) is 5.69 Å². The number of hydrogen-bond donors (Lipinski definition) is 1. The summed E-state index contributed by atoms with van der Waals surface area (Å²) in [4.78, 5) is 14.2. The maximum atomic E-state index is 11.6. The van der Waals surface area contributed by atoms with Gasteiger partial charge in [-0.1, -0.05) is 33.2 Å². The average molecular weight is 454 g/mol. The lowest BCUT2D eigenvalue weighted by Gasteiger charge is -2.32. The lowest BCUT2D eigenvalue weighted by Crippen LogP contribution is -2.33. The van der Waals surface area contributed by atoms with Crippen LogP contribution >= 0.6 is 15.9 Å². The molecule has 150 valence electrons. The number of anilines is 1. The molecule has 2 aliphatic rings. The number of rotatable bonds is 5. The SMILES string of the molecule is O=C1Cc2cc3c(CCC4CCN(Cc5ccc(Br)cc5)CC4)noc3cc2N1. The third kappa shape index (κ3) is 4.09. The maximum Gasteiger partial charge on any atom is 0.228 e. The van der Waals surface area contributed by atoms with Gasteiger partial charge >= 0.3 is 0 Å². The van der Waals surface area contributed by atoms with E-state index < -0.39 is 0 Å². The average Bonchev–Trinajstić information content (AvgIpc) is 3.28. The molecule has 1 amide bonds. The fraction of sp³-hybridized carbons (Fsp3) is 0.391. The number of carbonyl (C=O) groups excluding carboxylic acids is 1. The number of likely N-dealkylation sites (tertiary alicyclic amines) is 1. The van der Waals surface area contributed by atoms with Crippen molar-refractivity contribution in [3.8, 4) is 0 Å². The Morgan fingerprint density at radius 3 is 2.76 bits per heavy atom. The molecule has 29 heavy (non-hydrogen) atoms. The summed E-state index contributed by atoms with van der Waals surface area (Å²) < 4.78 is 6.66. The molecule has 0 unspecified atom stereocenters. The molecule has 2 aliphatic heterocycles. The van der Waals surface area contributed by atoms with E-state index >= 15 is 0 Å². The van der Waals surface area contributed by atoms with Crippen molar-refractivity contribution in [1.29, 1.82) is 0 Å². The Balaban J connectivity index is 1.16. The molecule has 6 heteroatoms. The summed E-state index contributed by atoms with van der Waals surface area (Å²) in [6.07, 6.45) is 5.00. The van der Waals surface area contributed by atoms with Crippen LogP contribution in [0.25, 0.3) is 11.0 Å². The molecule has 0 aliphatic carbocycles. The van der Waals surface area contributed by atoms with Crippen LogP contribution in [0.15, 0.2) is 45.4 Å². The summed E-state index contributed by atoms with van der Waals surface area (Å²) in [7, 11) is 0. The number of hydrogen-bond acceptors (Lipinski definition) is 4. The van der Waals surface area contributed by atoms with Gasteiger partial charge in [-0.2, -0.15) is 0 Å². The summed E-state index contributed by atoms with van der Waals surface area (Å²) in [5.41, 5.74) is 5.09. The Morgan fingerprint density at radius 1 is 1.17 bits per heavy atom. The first-order valence-corrected chi connectivity index (χ1v) is 11.1. The number of nitrogens with one attached hydrogen (secondary N) is 1. The standard InChI is InChI=1S/C23H24BrN3O2/c24-18-4-1-16(2-5-18)14-27-9-7-15(8-10-27)3-6-20-19-11-17-12-23(28)25-21(17)13-22(19)29-26-20/h1-2,4-5,11,13,15H,3,6-10,12,14H2,(H,25,28). The van der Waals surface area contributed by atoms with Crippen molar-refractivity contribution >= 4 is 38.5 Å². The molecule has 5 nitrogen and oxygen atoms in total. The second-order valence-electron chi connectivity index (χ2n) is 8.24. The van der Waals surface area contributed by atoms with E-state index in [0.29, 0.717) is 6.42 Å². The fourth-order valence-corrected chi connectivity index (χ4v) is 4.78. The van der Waals surface area contributed by atoms with E-state index in [2.05, 4.69) is 61.6 Å². The van der Waals surface area contributed by atoms with E-state index in [1.54, 1.807) is 0 Å². The number of carbonyl (C=O) groups is 1. The normalized spacial score (nSPS) is 17.6. The molecule has 1 N–H and O–H groups in total. The lowest BCUT2D eigenvalue weighted by atomic mass is 9.91. The highest BCUT2D eigenvalue weighted by Gasteiger charge is 2.23. The Bertz CT molecular complexity index is 1040. The van der Waals surface area contributed by atoms with Gasteiger partial charge < -0.3 is 9.84 Å². The third-order valence-corrected chi connectivity index (χ3v) is 6.74. The second-order valence-corrected chi connectivity index (χ2v) is 9.16. The first-order chi connectivity index (χ1) is 14.1. The number of benzene rings is 2. The quantitative estimate of drug-likeness (QED) is 0.594. The van der Waals surface area contributed by atoms with Gasteiger partial charge in [0.05, 0.1) is 12.1 Å². The molecule has 1 aromatic heterocycles. The van der Waals surface area contributed by atoms with Gasteiger partial charge in [-0.25, -0.2) is 0 Å². The van der Waals surface area contributed by atoms with Crippen LogP contribution in [0.3, 0.4) is 0 Å². The van der Waals surface area contributed by atoms with Gasteiger partial charge in [0.15, 0.2) is 5.58 Å². The van der Waals surface area contributed by atoms with E-state index in [4.69, 9.17) is 4.52 Å². The van der Waals surface area contributed by atoms with Gasteiger partial charge in [0, 0.05) is 28.2 Å². The molecule has 0 saturated carbocycles. The topological polar surface area (TPSA) is 58.4 Å². The van der Waals surface area contributed by atoms with Crippen LogP contribution in [0.2, 0.25) is 0 Å². The van der Waals surface area contributed by atoms with Crippen molar-refractivity contribution in [1.82, 2.24) is 10.1 Å². The number of aromatic nitrogens is 1. The first kappa shape index (κ1) is 18.8. The van der Waals surface area contributed by atoms with Crippen LogP contribution < -0.4 is 5.32 Å². The van der Waals surface area contributed by atoms with Gasteiger partial charge in [-0.15, -0.1) is 0 Å². The van der Waals surface area contributed by atoms with E-state index in [9.17, 15) is 4.79 Å². The summed E-state index contributed by atoms with van der Waals surface area (Å²) in [6.45, 7) is 3.34. The lowest BCUT2D eigenvalue weighted by molar-refractivity contribution is -0.115. The van der Waals surface area contributed by atoms with E-state index in [0.717, 1.165) is 70.8 Å². The smallest absolute Gasteiger partial charge is 0.228 e. The molecule has 0 atom stereocenters. The number of amides is 1. The van der Waals surface area contributed by atoms with Crippen molar-refractivity contribution in [2.24, 2.45) is 5.92 Å². The minimum atomic E-state index is 0.0528. The van der Waals surface area contributed by atoms with Crippen molar-refractivity contribution in [2.75, 3.05) is 18.4 Å². The molecule has 3 heterocycles. The minimum Gasteiger partial charge on any atom is -0.356 e. The highest BCUT2D eigenvalue weighted by Crippen LogP contribution is 2.32. The van der Waals surface area contributed by atoms with Gasteiger partial charge in [0.1, 0.15) is 0 Å². The summed E-state index contributed by atoms with van der Waals surface area (Å²) in [6, 6.07) is 12.6. The molecule has 5 rings (SSSR count). The van der Waals surface area contributed by atoms with Gasteiger partial charge in [0.2, 0.25) is 5.91 Å². The molecule has 0 radical (unpaired) electrons. The van der Waals surface area contributed by atoms with E-state index in [1.165, 1.54) is 18.4 Å². The van der Waals surface area contributed by atoms with Crippen molar-refractivity contribution in [3.05, 3.63) is 57.7 Å². The zero-order valence-corrected chi connectivity index (χ0v) is 17.9. The zero-order chi connectivity index (χ0) is 19.8. The third-order valence-electron chi connectivity index (χ3n) is 6.21. The summed E-state index contributed by atoms with van der Waals surface area (Å²) in [5, 5.41) is 8.25. The number of halogens is 1. The van der Waals surface area contributed by atoms with Gasteiger partial charge in [-0.05, 0) is 74.0 Å². The molecule has 1 saturated heterocycles. The molecule has 1 fully saturated rings. The second kappa shape index (κ2) is 7.92. The Labute approximate surface area is 178 Å². The van der Waals surface area contributed by atoms with Crippen LogP contribution in [0.1, 0.15) is 36.1 Å². The molecular weight excluding hydrogens is 430 g/mol. The first-order valence-electron chi connectivity index (χ1n) is 10.3. The monoisotopic (exact) mass is 453 g/mol. The largest absolute Gasteiger partial charge is 0.356 e. The highest BCUT2D eigenvalue weighted by molar-refractivity contribution is 9.10. The molecule has 2 aromatic carbocycles. The molecule has 0 bridgehead atoms. The molecule has 3 aromatic rings. The summed E-state index contributed by atoms with van der Waals surface area (Å²) >= 11 is 3.50. The number of fused-ring (bicyclic) bond motifs is 2. The predicted octanol–water partition coefficient (Wildman–Crippen LogP) is 4.93. The zero-order valence-electron chi connectivity index (χ0n) is 16.3. The van der Waals surface area contributed by atoms with Crippen molar-refractivity contribution < 1.29 is 9.32 Å². The van der Waals surface area contributed by atoms with E-state index in [-0.39, 0.29) is 5.91 Å². The van der Waals surface area contributed by atoms with Crippen LogP contribution in [-0.4, -0.2) is 29.1 Å². The fourth-order valence-electron chi connectivity index (χ4n) is 4.51. The molecule has 0 spiro atoms. The summed E-state index contributed by atoms with van der Waals surface area (Å²) in [5.74, 6) is 0.789. The number of nitrogens with zero attached hydrogens (tertiary/aromatic N) is 2.